The van der Waals surface area contributed by atoms with Gasteiger partial charge in [0.1, 0.15) is 0 Å². The number of hydrogen-bond acceptors (Lipinski definition) is 4. The van der Waals surface area contributed by atoms with Gasteiger partial charge in [0.25, 0.3) is 0 Å². The van der Waals surface area contributed by atoms with E-state index in [1.165, 1.54) is 13.8 Å². The second-order valence-electron chi connectivity index (χ2n) is 2.77. The molecule has 0 saturated carbocycles. The molecule has 0 aromatic heterocycles. The Kier molecular flexibility index (Phi) is 4.09. The van der Waals surface area contributed by atoms with Gasteiger partial charge in [0.2, 0.25) is 5.44 Å². The minimum Gasteiger partial charge on any atom is -0.440 e. The molecule has 1 unspecified atom stereocenters. The van der Waals surface area contributed by atoms with Crippen LogP contribution < -0.4 is 0 Å². The monoisotopic (exact) mass is 208 g/mol. The summed E-state index contributed by atoms with van der Waals surface area (Å²) in [6, 6.07) is 0. The lowest BCUT2D eigenvalue weighted by atomic mass is 10.2. The smallest absolute Gasteiger partial charge is 0.331 e. The molecule has 0 aliphatic carbocycles. The number of carbonyl (C=O) groups excluding carboxylic acids is 1. The Labute approximate surface area is 77.1 Å². The molecule has 1 N–H and O–H groups in total. The van der Waals surface area contributed by atoms with E-state index in [0.29, 0.717) is 0 Å². The van der Waals surface area contributed by atoms with Crippen LogP contribution in [0.1, 0.15) is 13.8 Å². The van der Waals surface area contributed by atoms with E-state index in [0.717, 1.165) is 6.08 Å². The topological polar surface area (TPSA) is 80.7 Å². The molecule has 13 heavy (non-hydrogen) atoms. The zero-order chi connectivity index (χ0) is 10.6. The second-order valence-corrected chi connectivity index (χ2v) is 4.26. The Hall–Kier alpha value is -0.880. The van der Waals surface area contributed by atoms with Crippen molar-refractivity contribution in [3.8, 4) is 0 Å². The molecule has 76 valence electrons. The molecule has 6 heteroatoms. The Morgan fingerprint density at radius 2 is 2.00 bits per heavy atom. The number of esters is 1. The number of ether oxygens (including phenoxy) is 1. The van der Waals surface area contributed by atoms with Crippen LogP contribution in [0.2, 0.25) is 0 Å². The highest BCUT2D eigenvalue weighted by molar-refractivity contribution is 7.86. The van der Waals surface area contributed by atoms with Crippen molar-refractivity contribution in [1.29, 1.82) is 0 Å². The summed E-state index contributed by atoms with van der Waals surface area (Å²) in [6.45, 7) is 6.12. The van der Waals surface area contributed by atoms with Crippen molar-refractivity contribution in [3.05, 3.63) is 12.7 Å². The Bertz CT molecular complexity index is 290. The fourth-order valence-corrected chi connectivity index (χ4v) is 1.61. The van der Waals surface area contributed by atoms with Crippen molar-refractivity contribution < 1.29 is 22.5 Å². The van der Waals surface area contributed by atoms with Crippen LogP contribution in [0.15, 0.2) is 12.7 Å². The van der Waals surface area contributed by atoms with E-state index >= 15 is 0 Å². The average Bonchev–Trinajstić information content (AvgIpc) is 1.96. The van der Waals surface area contributed by atoms with Gasteiger partial charge in [-0.05, 0) is 0 Å². The van der Waals surface area contributed by atoms with Gasteiger partial charge in [0.15, 0.2) is 0 Å². The molecular weight excluding hydrogens is 196 g/mol. The third-order valence-corrected chi connectivity index (χ3v) is 2.46. The first-order valence-corrected chi connectivity index (χ1v) is 5.08. The molecule has 0 radical (unpaired) electrons. The lowest BCUT2D eigenvalue weighted by molar-refractivity contribution is -0.141. The maximum absolute atomic E-state index is 10.7. The molecule has 0 aromatic rings. The number of hydrogen-bond donors (Lipinski definition) is 1. The lowest BCUT2D eigenvalue weighted by Crippen LogP contribution is -2.31. The van der Waals surface area contributed by atoms with Gasteiger partial charge in [-0.15, -0.1) is 0 Å². The molecule has 1 atom stereocenters. The summed E-state index contributed by atoms with van der Waals surface area (Å²) in [5.41, 5.74) is -1.53. The normalized spacial score (nSPS) is 13.8. The number of rotatable bonds is 4. The summed E-state index contributed by atoms with van der Waals surface area (Å²) in [7, 11) is -4.36. The van der Waals surface area contributed by atoms with E-state index in [2.05, 4.69) is 11.3 Å². The SMILES string of the molecule is C=CC(=O)OC(C(C)C)S(=O)(=O)O. The summed E-state index contributed by atoms with van der Waals surface area (Å²) >= 11 is 0. The maximum Gasteiger partial charge on any atom is 0.331 e. The molecule has 0 spiro atoms. The van der Waals surface area contributed by atoms with E-state index in [4.69, 9.17) is 4.55 Å². The quantitative estimate of drug-likeness (QED) is 0.415. The van der Waals surface area contributed by atoms with Crippen LogP contribution in [0, 0.1) is 5.92 Å². The predicted molar refractivity (Wildman–Crippen MR) is 46.5 cm³/mol. The predicted octanol–water partition coefficient (Wildman–Crippen LogP) is 0.585. The van der Waals surface area contributed by atoms with Gasteiger partial charge in [-0.1, -0.05) is 20.4 Å². The van der Waals surface area contributed by atoms with E-state index in [1.807, 2.05) is 0 Å². The standard InChI is InChI=1S/C7H12O5S/c1-4-6(8)12-7(5(2)3)13(9,10)11/h4-5,7H,1H2,2-3H3,(H,9,10,11). The van der Waals surface area contributed by atoms with E-state index in [-0.39, 0.29) is 0 Å². The van der Waals surface area contributed by atoms with Crippen LogP contribution in [0.3, 0.4) is 0 Å². The fourth-order valence-electron chi connectivity index (χ4n) is 0.703. The molecule has 0 amide bonds. The summed E-state index contributed by atoms with van der Waals surface area (Å²) in [4.78, 5) is 10.7. The first kappa shape index (κ1) is 12.1. The fraction of sp³-hybridized carbons (Fsp3) is 0.571. The van der Waals surface area contributed by atoms with Crippen LogP contribution in [0.4, 0.5) is 0 Å². The highest BCUT2D eigenvalue weighted by Gasteiger charge is 2.29. The zero-order valence-electron chi connectivity index (χ0n) is 7.43. The average molecular weight is 208 g/mol. The Morgan fingerprint density at radius 1 is 1.54 bits per heavy atom. The third kappa shape index (κ3) is 4.05. The van der Waals surface area contributed by atoms with Gasteiger partial charge < -0.3 is 4.74 Å². The van der Waals surface area contributed by atoms with Gasteiger partial charge in [0, 0.05) is 12.0 Å². The highest BCUT2D eigenvalue weighted by Crippen LogP contribution is 2.12. The molecule has 0 aliphatic rings. The molecule has 0 bridgehead atoms. The van der Waals surface area contributed by atoms with Crippen molar-refractivity contribution in [3.63, 3.8) is 0 Å². The molecular formula is C7H12O5S. The summed E-state index contributed by atoms with van der Waals surface area (Å²) in [5.74, 6) is -1.39. The molecule has 0 fully saturated rings. The van der Waals surface area contributed by atoms with Gasteiger partial charge in [-0.25, -0.2) is 4.79 Å². The van der Waals surface area contributed by atoms with E-state index in [1.54, 1.807) is 0 Å². The minimum absolute atomic E-state index is 0.515. The van der Waals surface area contributed by atoms with Crippen LogP contribution in [0.25, 0.3) is 0 Å². The largest absolute Gasteiger partial charge is 0.440 e. The van der Waals surface area contributed by atoms with Gasteiger partial charge in [-0.3, -0.25) is 4.55 Å². The van der Waals surface area contributed by atoms with Crippen LogP contribution in [-0.2, 0) is 19.6 Å². The van der Waals surface area contributed by atoms with Crippen molar-refractivity contribution in [2.24, 2.45) is 5.92 Å². The van der Waals surface area contributed by atoms with Crippen molar-refractivity contribution in [1.82, 2.24) is 0 Å². The van der Waals surface area contributed by atoms with Gasteiger partial charge in [0.05, 0.1) is 0 Å². The zero-order valence-corrected chi connectivity index (χ0v) is 8.24. The Morgan fingerprint density at radius 3 is 2.23 bits per heavy atom. The minimum atomic E-state index is -4.36. The van der Waals surface area contributed by atoms with Crippen LogP contribution in [0.5, 0.6) is 0 Å². The van der Waals surface area contributed by atoms with E-state index in [9.17, 15) is 13.2 Å². The number of carbonyl (C=O) groups is 1. The highest BCUT2D eigenvalue weighted by atomic mass is 32.2. The van der Waals surface area contributed by atoms with E-state index < -0.39 is 27.4 Å². The van der Waals surface area contributed by atoms with Crippen molar-refractivity contribution >= 4 is 16.1 Å². The first-order chi connectivity index (χ1) is 5.79. The molecule has 5 nitrogen and oxygen atoms in total. The van der Waals surface area contributed by atoms with Crippen LogP contribution >= 0.6 is 0 Å². The molecule has 0 aliphatic heterocycles. The van der Waals surface area contributed by atoms with Crippen molar-refractivity contribution in [2.45, 2.75) is 19.3 Å². The van der Waals surface area contributed by atoms with Crippen LogP contribution in [-0.4, -0.2) is 24.4 Å². The molecule has 0 aromatic carbocycles. The summed E-state index contributed by atoms with van der Waals surface area (Å²) in [6.07, 6.45) is 0.834. The van der Waals surface area contributed by atoms with Gasteiger partial charge >= 0.3 is 16.1 Å². The molecule has 0 heterocycles. The molecule has 0 rings (SSSR count). The summed E-state index contributed by atoms with van der Waals surface area (Å²) < 4.78 is 34.4. The second kappa shape index (κ2) is 4.38. The maximum atomic E-state index is 10.7. The first-order valence-electron chi connectivity index (χ1n) is 3.58. The third-order valence-electron chi connectivity index (χ3n) is 1.24. The lowest BCUT2D eigenvalue weighted by Gasteiger charge is -2.16. The van der Waals surface area contributed by atoms with Gasteiger partial charge in [-0.2, -0.15) is 8.42 Å². The molecule has 0 saturated heterocycles. The van der Waals surface area contributed by atoms with Crippen molar-refractivity contribution in [2.75, 3.05) is 0 Å². The summed E-state index contributed by atoms with van der Waals surface area (Å²) in [5, 5.41) is 0. The Balaban J connectivity index is 4.65.